The van der Waals surface area contributed by atoms with Crippen LogP contribution < -0.4 is 14.8 Å². The standard InChI is InChI=1S/C27H35N3O6/c1-17-14-30(19(3)31)18(2)16-36-24-12-11-20(13-22(24)27(33)29(4)15-25(17)35-6)28-26(32)21-9-7-8-10-23(21)34-5/h7-13,17-18,25H,14-16H2,1-6H3,(H,28,32)/t17-,18+,25+/m0/s1. The highest BCUT2D eigenvalue weighted by Gasteiger charge is 2.29. The highest BCUT2D eigenvalue weighted by molar-refractivity contribution is 6.07. The van der Waals surface area contributed by atoms with Crippen molar-refractivity contribution in [3.63, 3.8) is 0 Å². The van der Waals surface area contributed by atoms with Crippen molar-refractivity contribution in [1.29, 1.82) is 0 Å². The second-order valence-electron chi connectivity index (χ2n) is 9.13. The molecule has 2 aromatic carbocycles. The number of benzene rings is 2. The topological polar surface area (TPSA) is 97.4 Å². The minimum absolute atomic E-state index is 0.0121. The van der Waals surface area contributed by atoms with Crippen molar-refractivity contribution in [2.24, 2.45) is 5.92 Å². The molecule has 0 spiro atoms. The van der Waals surface area contributed by atoms with Crippen molar-refractivity contribution in [2.75, 3.05) is 46.3 Å². The Hall–Kier alpha value is -3.59. The van der Waals surface area contributed by atoms with Crippen molar-refractivity contribution in [3.05, 3.63) is 53.6 Å². The Labute approximate surface area is 212 Å². The summed E-state index contributed by atoms with van der Waals surface area (Å²) in [5, 5.41) is 2.84. The van der Waals surface area contributed by atoms with E-state index in [-0.39, 0.29) is 42.4 Å². The van der Waals surface area contributed by atoms with E-state index in [2.05, 4.69) is 5.32 Å². The maximum atomic E-state index is 13.5. The number of para-hydroxylation sites is 1. The van der Waals surface area contributed by atoms with E-state index in [0.717, 1.165) is 0 Å². The summed E-state index contributed by atoms with van der Waals surface area (Å²) in [6.07, 6.45) is -0.273. The van der Waals surface area contributed by atoms with Gasteiger partial charge < -0.3 is 29.3 Å². The number of rotatable bonds is 4. The summed E-state index contributed by atoms with van der Waals surface area (Å²) in [5.41, 5.74) is 1.12. The van der Waals surface area contributed by atoms with Crippen LogP contribution in [0.3, 0.4) is 0 Å². The van der Waals surface area contributed by atoms with Crippen LogP contribution >= 0.6 is 0 Å². The minimum Gasteiger partial charge on any atom is -0.496 e. The summed E-state index contributed by atoms with van der Waals surface area (Å²) in [7, 11) is 4.81. The van der Waals surface area contributed by atoms with Gasteiger partial charge in [0.15, 0.2) is 0 Å². The third-order valence-corrected chi connectivity index (χ3v) is 6.46. The lowest BCUT2D eigenvalue weighted by molar-refractivity contribution is -0.133. The van der Waals surface area contributed by atoms with Gasteiger partial charge in [0.1, 0.15) is 18.1 Å². The molecule has 0 bridgehead atoms. The lowest BCUT2D eigenvalue weighted by atomic mass is 10.0. The third kappa shape index (κ3) is 6.15. The Kier molecular flexibility index (Phi) is 8.93. The summed E-state index contributed by atoms with van der Waals surface area (Å²) in [4.78, 5) is 42.1. The Morgan fingerprint density at radius 1 is 1.08 bits per heavy atom. The first-order valence-corrected chi connectivity index (χ1v) is 11.9. The highest BCUT2D eigenvalue weighted by atomic mass is 16.5. The normalized spacial score (nSPS) is 20.9. The number of hydrogen-bond donors (Lipinski definition) is 1. The van der Waals surface area contributed by atoms with Crippen LogP contribution in [0.4, 0.5) is 5.69 Å². The molecule has 1 aliphatic rings. The van der Waals surface area contributed by atoms with Crippen molar-refractivity contribution < 1.29 is 28.6 Å². The van der Waals surface area contributed by atoms with Gasteiger partial charge in [0.25, 0.3) is 11.8 Å². The number of amides is 3. The maximum absolute atomic E-state index is 13.5. The van der Waals surface area contributed by atoms with Gasteiger partial charge in [-0.1, -0.05) is 19.1 Å². The van der Waals surface area contributed by atoms with Crippen LogP contribution in [0.25, 0.3) is 0 Å². The molecule has 1 heterocycles. The largest absolute Gasteiger partial charge is 0.496 e. The molecule has 3 amide bonds. The maximum Gasteiger partial charge on any atom is 0.259 e. The van der Waals surface area contributed by atoms with Crippen LogP contribution in [0.15, 0.2) is 42.5 Å². The molecule has 194 valence electrons. The van der Waals surface area contributed by atoms with Crippen molar-refractivity contribution in [3.8, 4) is 11.5 Å². The van der Waals surface area contributed by atoms with Crippen LogP contribution in [-0.2, 0) is 9.53 Å². The summed E-state index contributed by atoms with van der Waals surface area (Å²) in [6, 6.07) is 11.6. The van der Waals surface area contributed by atoms with Gasteiger partial charge in [-0.15, -0.1) is 0 Å². The molecule has 36 heavy (non-hydrogen) atoms. The molecule has 0 radical (unpaired) electrons. The lowest BCUT2D eigenvalue weighted by Crippen LogP contribution is -2.48. The number of fused-ring (bicyclic) bond motifs is 1. The molecule has 1 N–H and O–H groups in total. The molecule has 0 aliphatic carbocycles. The third-order valence-electron chi connectivity index (χ3n) is 6.46. The average Bonchev–Trinajstić information content (AvgIpc) is 2.87. The van der Waals surface area contributed by atoms with E-state index in [1.54, 1.807) is 66.4 Å². The number of carbonyl (C=O) groups excluding carboxylic acids is 3. The zero-order chi connectivity index (χ0) is 26.4. The van der Waals surface area contributed by atoms with Crippen LogP contribution in [0, 0.1) is 5.92 Å². The molecular weight excluding hydrogens is 462 g/mol. The molecule has 0 saturated carbocycles. The van der Waals surface area contributed by atoms with Gasteiger partial charge in [-0.3, -0.25) is 14.4 Å². The number of ether oxygens (including phenoxy) is 3. The zero-order valence-electron chi connectivity index (χ0n) is 21.7. The Bertz CT molecular complexity index is 1100. The molecule has 1 aliphatic heterocycles. The molecular formula is C27H35N3O6. The van der Waals surface area contributed by atoms with Crippen LogP contribution in [0.1, 0.15) is 41.5 Å². The van der Waals surface area contributed by atoms with Crippen LogP contribution in [0.5, 0.6) is 11.5 Å². The number of carbonyl (C=O) groups is 3. The smallest absolute Gasteiger partial charge is 0.259 e. The van der Waals surface area contributed by atoms with Gasteiger partial charge in [0.2, 0.25) is 5.91 Å². The Morgan fingerprint density at radius 3 is 2.47 bits per heavy atom. The molecule has 0 aromatic heterocycles. The Balaban J connectivity index is 1.95. The lowest BCUT2D eigenvalue weighted by Gasteiger charge is -2.35. The predicted molar refractivity (Wildman–Crippen MR) is 137 cm³/mol. The number of nitrogens with one attached hydrogen (secondary N) is 1. The van der Waals surface area contributed by atoms with Crippen LogP contribution in [-0.4, -0.2) is 80.6 Å². The molecule has 9 nitrogen and oxygen atoms in total. The van der Waals surface area contributed by atoms with Crippen molar-refractivity contribution in [2.45, 2.75) is 32.9 Å². The fourth-order valence-corrected chi connectivity index (χ4v) is 4.32. The first kappa shape index (κ1) is 27.0. The van der Waals surface area contributed by atoms with Gasteiger partial charge in [0, 0.05) is 45.8 Å². The quantitative estimate of drug-likeness (QED) is 0.696. The summed E-state index contributed by atoms with van der Waals surface area (Å²) < 4.78 is 17.0. The van der Waals surface area contributed by atoms with Gasteiger partial charge in [0.05, 0.1) is 30.4 Å². The summed E-state index contributed by atoms with van der Waals surface area (Å²) in [6.45, 7) is 6.48. The molecule has 3 rings (SSSR count). The second kappa shape index (κ2) is 11.9. The van der Waals surface area contributed by atoms with Gasteiger partial charge in [-0.05, 0) is 37.3 Å². The second-order valence-corrected chi connectivity index (χ2v) is 9.13. The monoisotopic (exact) mass is 497 g/mol. The first-order chi connectivity index (χ1) is 17.2. The number of hydrogen-bond acceptors (Lipinski definition) is 6. The molecule has 9 heteroatoms. The molecule has 3 atom stereocenters. The van der Waals surface area contributed by atoms with Gasteiger partial charge >= 0.3 is 0 Å². The van der Waals surface area contributed by atoms with E-state index in [9.17, 15) is 14.4 Å². The first-order valence-electron chi connectivity index (χ1n) is 11.9. The predicted octanol–water partition coefficient (Wildman–Crippen LogP) is 3.30. The molecule has 2 aromatic rings. The van der Waals surface area contributed by atoms with E-state index in [4.69, 9.17) is 14.2 Å². The van der Waals surface area contributed by atoms with Crippen molar-refractivity contribution >= 4 is 23.4 Å². The fourth-order valence-electron chi connectivity index (χ4n) is 4.32. The molecule has 0 saturated heterocycles. The highest BCUT2D eigenvalue weighted by Crippen LogP contribution is 2.27. The van der Waals surface area contributed by atoms with E-state index in [1.807, 2.05) is 13.8 Å². The van der Waals surface area contributed by atoms with E-state index < -0.39 is 0 Å². The number of likely N-dealkylation sites (N-methyl/N-ethyl adjacent to an activating group) is 1. The molecule has 0 unspecified atom stereocenters. The summed E-state index contributed by atoms with van der Waals surface area (Å²) in [5.74, 6) is 0.140. The number of methoxy groups -OCH3 is 2. The van der Waals surface area contributed by atoms with Crippen molar-refractivity contribution in [1.82, 2.24) is 9.80 Å². The SMILES string of the molecule is COc1ccccc1C(=O)Nc1ccc2c(c1)C(=O)N(C)C[C@@H](OC)[C@@H](C)CN(C(C)=O)[C@H](C)CO2. The fraction of sp³-hybridized carbons (Fsp3) is 0.444. The van der Waals surface area contributed by atoms with Gasteiger partial charge in [-0.2, -0.15) is 0 Å². The van der Waals surface area contributed by atoms with E-state index >= 15 is 0 Å². The van der Waals surface area contributed by atoms with E-state index in [0.29, 0.717) is 41.4 Å². The van der Waals surface area contributed by atoms with Crippen LogP contribution in [0.2, 0.25) is 0 Å². The zero-order valence-corrected chi connectivity index (χ0v) is 21.7. The summed E-state index contributed by atoms with van der Waals surface area (Å²) >= 11 is 0. The minimum atomic E-state index is -0.360. The average molecular weight is 498 g/mol. The number of anilines is 1. The van der Waals surface area contributed by atoms with Gasteiger partial charge in [-0.25, -0.2) is 0 Å². The van der Waals surface area contributed by atoms with E-state index in [1.165, 1.54) is 14.0 Å². The number of nitrogens with zero attached hydrogens (tertiary/aromatic N) is 2. The Morgan fingerprint density at radius 2 is 1.81 bits per heavy atom. The molecule has 0 fully saturated rings.